The van der Waals surface area contributed by atoms with Crippen LogP contribution < -0.4 is 0 Å². The lowest BCUT2D eigenvalue weighted by Crippen LogP contribution is -2.04. The molecule has 8 aromatic rings. The van der Waals surface area contributed by atoms with Gasteiger partial charge in [0.05, 0.1) is 22.4 Å². The molecule has 0 bridgehead atoms. The zero-order valence-corrected chi connectivity index (χ0v) is 24.4. The van der Waals surface area contributed by atoms with Crippen LogP contribution in [0.2, 0.25) is 0 Å². The molecule has 204 valence electrons. The molecule has 0 fully saturated rings. The second kappa shape index (κ2) is 10.5. The Labute approximate surface area is 253 Å². The van der Waals surface area contributed by atoms with Crippen LogP contribution in [0.4, 0.5) is 0 Å². The van der Waals surface area contributed by atoms with Gasteiger partial charge in [0.15, 0.2) is 0 Å². The first kappa shape index (κ1) is 25.4. The summed E-state index contributed by atoms with van der Waals surface area (Å²) in [6.45, 7) is 2.04. The summed E-state index contributed by atoms with van der Waals surface area (Å²) in [5, 5.41) is 5.00. The fraction of sp³-hybridized carbons (Fsp3) is 0.0256. The van der Waals surface area contributed by atoms with Crippen LogP contribution in [0.15, 0.2) is 140 Å². The number of para-hydroxylation sites is 1. The fourth-order valence-electron chi connectivity index (χ4n) is 6.03. The molecule has 8 rings (SSSR count). The Morgan fingerprint density at radius 3 is 1.93 bits per heavy atom. The molecule has 0 saturated heterocycles. The van der Waals surface area contributed by atoms with Crippen molar-refractivity contribution >= 4 is 59.4 Å². The lowest BCUT2D eigenvalue weighted by molar-refractivity contribution is 0.996. The number of aromatic nitrogens is 3. The van der Waals surface area contributed by atoms with Gasteiger partial charge in [-0.1, -0.05) is 121 Å². The lowest BCUT2D eigenvalue weighted by atomic mass is 10.0. The number of hydrogen-bond acceptors (Lipinski definition) is 3. The van der Waals surface area contributed by atoms with E-state index < -0.39 is 0 Å². The van der Waals surface area contributed by atoms with Crippen LogP contribution in [-0.2, 0) is 0 Å². The van der Waals surface area contributed by atoms with E-state index in [-0.39, 0.29) is 0 Å². The van der Waals surface area contributed by atoms with E-state index in [1.54, 1.807) is 0 Å². The molecule has 0 radical (unpaired) electrons. The third-order valence-electron chi connectivity index (χ3n) is 7.94. The second-order valence-corrected chi connectivity index (χ2v) is 11.6. The van der Waals surface area contributed by atoms with Crippen molar-refractivity contribution in [3.63, 3.8) is 0 Å². The minimum Gasteiger partial charge on any atom is -0.278 e. The van der Waals surface area contributed by atoms with E-state index in [2.05, 4.69) is 138 Å². The van der Waals surface area contributed by atoms with Crippen molar-refractivity contribution in [3.8, 4) is 28.5 Å². The third kappa shape index (κ3) is 4.27. The largest absolute Gasteiger partial charge is 0.278 e. The van der Waals surface area contributed by atoms with E-state index in [4.69, 9.17) is 9.97 Å². The maximum absolute atomic E-state index is 5.23. The van der Waals surface area contributed by atoms with Crippen molar-refractivity contribution in [1.82, 2.24) is 14.5 Å². The normalized spacial score (nSPS) is 12.1. The van der Waals surface area contributed by atoms with E-state index >= 15 is 0 Å². The van der Waals surface area contributed by atoms with E-state index in [1.165, 1.54) is 36.5 Å². The van der Waals surface area contributed by atoms with Crippen LogP contribution in [0, 0.1) is 0 Å². The Morgan fingerprint density at radius 1 is 0.605 bits per heavy atom. The monoisotopic (exact) mass is 569 g/mol. The molecule has 0 saturated carbocycles. The third-order valence-corrected chi connectivity index (χ3v) is 9.16. The lowest BCUT2D eigenvalue weighted by Gasteiger charge is -2.12. The number of fused-ring (bicyclic) bond motifs is 7. The van der Waals surface area contributed by atoms with Crippen molar-refractivity contribution in [2.45, 2.75) is 6.92 Å². The number of nitrogens with zero attached hydrogens (tertiary/aromatic N) is 3. The maximum atomic E-state index is 5.23. The van der Waals surface area contributed by atoms with Gasteiger partial charge in [0.25, 0.3) is 0 Å². The molecule has 0 aliphatic carbocycles. The molecule has 43 heavy (non-hydrogen) atoms. The topological polar surface area (TPSA) is 30.7 Å². The highest BCUT2D eigenvalue weighted by molar-refractivity contribution is 7.26. The predicted octanol–water partition coefficient (Wildman–Crippen LogP) is 10.9. The minimum absolute atomic E-state index is 0.661. The Balaban J connectivity index is 1.53. The summed E-state index contributed by atoms with van der Waals surface area (Å²) >= 11 is 1.86. The molecule has 3 nitrogen and oxygen atoms in total. The van der Waals surface area contributed by atoms with Crippen LogP contribution in [-0.4, -0.2) is 14.5 Å². The molecule has 0 amide bonds. The fourth-order valence-corrected chi connectivity index (χ4v) is 7.23. The van der Waals surface area contributed by atoms with E-state index in [0.29, 0.717) is 5.95 Å². The van der Waals surface area contributed by atoms with Gasteiger partial charge in [0, 0.05) is 42.1 Å². The Bertz CT molecular complexity index is 2280. The molecule has 0 atom stereocenters. The predicted molar refractivity (Wildman–Crippen MR) is 184 cm³/mol. The molecule has 3 heterocycles. The van der Waals surface area contributed by atoms with Crippen LogP contribution in [0.3, 0.4) is 0 Å². The van der Waals surface area contributed by atoms with E-state index in [9.17, 15) is 0 Å². The number of allylic oxidation sites excluding steroid dienone is 3. The van der Waals surface area contributed by atoms with Crippen LogP contribution in [0.25, 0.3) is 76.5 Å². The molecule has 0 spiro atoms. The average Bonchev–Trinajstić information content (AvgIpc) is 3.61. The van der Waals surface area contributed by atoms with Crippen molar-refractivity contribution < 1.29 is 0 Å². The number of benzene rings is 5. The Morgan fingerprint density at radius 2 is 1.23 bits per heavy atom. The zero-order chi connectivity index (χ0) is 28.8. The summed E-state index contributed by atoms with van der Waals surface area (Å²) in [5.74, 6) is 0.661. The highest BCUT2D eigenvalue weighted by Crippen LogP contribution is 2.45. The molecule has 4 heteroatoms. The quantitative estimate of drug-likeness (QED) is 0.193. The summed E-state index contributed by atoms with van der Waals surface area (Å²) in [7, 11) is 0. The van der Waals surface area contributed by atoms with Crippen LogP contribution in [0.1, 0.15) is 12.5 Å². The summed E-state index contributed by atoms with van der Waals surface area (Å²) in [6, 6.07) is 42.5. The summed E-state index contributed by atoms with van der Waals surface area (Å²) in [6.07, 6.45) is 8.48. The van der Waals surface area contributed by atoms with Crippen LogP contribution >= 0.6 is 11.3 Å². The molecule has 0 aliphatic rings. The van der Waals surface area contributed by atoms with Crippen molar-refractivity contribution in [2.75, 3.05) is 0 Å². The van der Waals surface area contributed by atoms with E-state index in [1.807, 2.05) is 30.4 Å². The SMILES string of the molecule is C/C=C\C=C/c1cc2c(c3ccccc3n2-c2nc(-c3ccccc3)cc(-c3ccccc3)n2)c2c1sc1ccccc12. The van der Waals surface area contributed by atoms with Gasteiger partial charge in [-0.25, -0.2) is 9.97 Å². The molecule has 5 aromatic carbocycles. The number of thiophene rings is 1. The minimum atomic E-state index is 0.661. The molecular formula is C39H27N3S. The van der Waals surface area contributed by atoms with Crippen molar-refractivity contribution in [2.24, 2.45) is 0 Å². The highest BCUT2D eigenvalue weighted by atomic mass is 32.1. The molecule has 3 aromatic heterocycles. The maximum Gasteiger partial charge on any atom is 0.235 e. The highest BCUT2D eigenvalue weighted by Gasteiger charge is 2.21. The molecule has 0 aliphatic heterocycles. The molecule has 0 unspecified atom stereocenters. The Hall–Kier alpha value is -5.32. The Kier molecular flexibility index (Phi) is 6.20. The van der Waals surface area contributed by atoms with Gasteiger partial charge in [-0.15, -0.1) is 11.3 Å². The number of hydrogen-bond donors (Lipinski definition) is 0. The van der Waals surface area contributed by atoms with Gasteiger partial charge in [-0.3, -0.25) is 4.57 Å². The van der Waals surface area contributed by atoms with Crippen molar-refractivity contribution in [1.29, 1.82) is 0 Å². The molecule has 0 N–H and O–H groups in total. The standard InChI is InChI=1S/C39H27N3S/c1-2-3-6-19-28-24-34-36(37-30-21-12-14-23-35(30)43-38(28)37)29-20-11-13-22-33(29)42(34)39-40-31(26-15-7-4-8-16-26)25-32(41-39)27-17-9-5-10-18-27/h2-25H,1H3/b3-2-,19-6-. The van der Waals surface area contributed by atoms with Gasteiger partial charge in [0.1, 0.15) is 0 Å². The van der Waals surface area contributed by atoms with Gasteiger partial charge in [-0.05, 0) is 36.8 Å². The molecular weight excluding hydrogens is 543 g/mol. The summed E-state index contributed by atoms with van der Waals surface area (Å²) < 4.78 is 4.83. The number of rotatable bonds is 5. The average molecular weight is 570 g/mol. The van der Waals surface area contributed by atoms with Gasteiger partial charge in [-0.2, -0.15) is 0 Å². The summed E-state index contributed by atoms with van der Waals surface area (Å²) in [4.78, 5) is 10.5. The van der Waals surface area contributed by atoms with Gasteiger partial charge in [0.2, 0.25) is 5.95 Å². The van der Waals surface area contributed by atoms with Crippen molar-refractivity contribution in [3.05, 3.63) is 145 Å². The second-order valence-electron chi connectivity index (χ2n) is 10.6. The zero-order valence-electron chi connectivity index (χ0n) is 23.6. The smallest absolute Gasteiger partial charge is 0.235 e. The van der Waals surface area contributed by atoms with E-state index in [0.717, 1.165) is 33.5 Å². The first-order valence-electron chi connectivity index (χ1n) is 14.5. The summed E-state index contributed by atoms with van der Waals surface area (Å²) in [5.41, 5.74) is 7.29. The van der Waals surface area contributed by atoms with Gasteiger partial charge < -0.3 is 0 Å². The first-order valence-corrected chi connectivity index (χ1v) is 15.3. The van der Waals surface area contributed by atoms with Gasteiger partial charge >= 0.3 is 0 Å². The first-order chi connectivity index (χ1) is 21.3. The van der Waals surface area contributed by atoms with Crippen LogP contribution in [0.5, 0.6) is 0 Å².